The minimum atomic E-state index is -4.73. The van der Waals surface area contributed by atoms with Crippen molar-refractivity contribution >= 4 is 27.5 Å². The van der Waals surface area contributed by atoms with Crippen LogP contribution in [-0.2, 0) is 11.8 Å². The van der Waals surface area contributed by atoms with Crippen molar-refractivity contribution in [2.24, 2.45) is 18.1 Å². The van der Waals surface area contributed by atoms with Crippen molar-refractivity contribution in [1.29, 1.82) is 0 Å². The number of benzene rings is 1. The maximum atomic E-state index is 12.3. The van der Waals surface area contributed by atoms with Crippen LogP contribution in [0.3, 0.4) is 0 Å². The number of carbonyl (C=O) groups excluding carboxylic acids is 1. The molecule has 0 spiro atoms. The fraction of sp³-hybridized carbons (Fsp3) is 0.467. The minimum Gasteiger partial charge on any atom is -0.406 e. The third-order valence-electron chi connectivity index (χ3n) is 3.24. The summed E-state index contributed by atoms with van der Waals surface area (Å²) in [6.07, 6.45) is -3.60. The van der Waals surface area contributed by atoms with Gasteiger partial charge < -0.3 is 9.30 Å². The van der Waals surface area contributed by atoms with E-state index in [0.717, 1.165) is 17.8 Å². The first-order valence-electron chi connectivity index (χ1n) is 7.33. The van der Waals surface area contributed by atoms with Gasteiger partial charge >= 0.3 is 6.36 Å². The van der Waals surface area contributed by atoms with E-state index >= 15 is 0 Å². The van der Waals surface area contributed by atoms with Crippen molar-refractivity contribution < 1.29 is 22.7 Å². The predicted octanol–water partition coefficient (Wildman–Crippen LogP) is 3.51. The Labute approximate surface area is 140 Å². The van der Waals surface area contributed by atoms with Crippen molar-refractivity contribution in [3.8, 4) is 5.75 Å². The predicted molar refractivity (Wildman–Crippen MR) is 85.3 cm³/mol. The van der Waals surface area contributed by atoms with Gasteiger partial charge in [-0.05, 0) is 30.5 Å². The van der Waals surface area contributed by atoms with E-state index in [2.05, 4.69) is 15.3 Å². The molecular weight excluding hydrogens is 343 g/mol. The minimum absolute atomic E-state index is 0.192. The van der Waals surface area contributed by atoms with E-state index < -0.39 is 6.36 Å². The maximum Gasteiger partial charge on any atom is 0.573 e. The first-order valence-corrected chi connectivity index (χ1v) is 8.15. The molecule has 5 nitrogen and oxygen atoms in total. The highest BCUT2D eigenvalue weighted by Crippen LogP contribution is 2.27. The summed E-state index contributed by atoms with van der Waals surface area (Å²) < 4.78 is 43.0. The Hall–Kier alpha value is -2.03. The molecule has 0 bridgehead atoms. The summed E-state index contributed by atoms with van der Waals surface area (Å²) in [5.41, 5.74) is 3.17. The lowest BCUT2D eigenvalue weighted by Crippen LogP contribution is -2.23. The molecule has 1 aromatic heterocycles. The molecule has 1 heterocycles. The number of nitrogens with one attached hydrogen (secondary N) is 1. The molecule has 0 fully saturated rings. The average Bonchev–Trinajstić information content (AvgIpc) is 2.77. The summed E-state index contributed by atoms with van der Waals surface area (Å²) in [5, 5.41) is 4.04. The Kier molecular flexibility index (Phi) is 5.53. The SMILES string of the molecule is CC(C)CCC(=O)N/N=c1\sc2cc(OC(F)(F)F)ccc2n1C. The van der Waals surface area contributed by atoms with Gasteiger partial charge in [0.1, 0.15) is 5.75 Å². The molecule has 1 aromatic carbocycles. The van der Waals surface area contributed by atoms with E-state index in [1.165, 1.54) is 18.2 Å². The number of nitrogens with zero attached hydrogens (tertiary/aromatic N) is 2. The van der Waals surface area contributed by atoms with Gasteiger partial charge in [-0.1, -0.05) is 25.2 Å². The van der Waals surface area contributed by atoms with Crippen LogP contribution >= 0.6 is 11.3 Å². The highest BCUT2D eigenvalue weighted by molar-refractivity contribution is 7.16. The maximum absolute atomic E-state index is 12.3. The number of halogens is 3. The van der Waals surface area contributed by atoms with Crippen LogP contribution in [0, 0.1) is 5.92 Å². The van der Waals surface area contributed by atoms with Gasteiger partial charge in [-0.25, -0.2) is 5.43 Å². The second-order valence-corrected chi connectivity index (χ2v) is 6.71. The molecule has 9 heteroatoms. The zero-order valence-corrected chi connectivity index (χ0v) is 14.3. The fourth-order valence-corrected chi connectivity index (χ4v) is 3.01. The molecule has 0 saturated carbocycles. The van der Waals surface area contributed by atoms with Gasteiger partial charge in [-0.15, -0.1) is 18.3 Å². The second-order valence-electron chi connectivity index (χ2n) is 5.70. The van der Waals surface area contributed by atoms with Gasteiger partial charge in [0.25, 0.3) is 0 Å². The highest BCUT2D eigenvalue weighted by atomic mass is 32.1. The summed E-state index contributed by atoms with van der Waals surface area (Å²) in [6, 6.07) is 4.06. The van der Waals surface area contributed by atoms with Gasteiger partial charge in [0, 0.05) is 13.5 Å². The van der Waals surface area contributed by atoms with Crippen LogP contribution in [-0.4, -0.2) is 16.8 Å². The van der Waals surface area contributed by atoms with Crippen molar-refractivity contribution in [1.82, 2.24) is 9.99 Å². The Morgan fingerprint density at radius 3 is 2.75 bits per heavy atom. The molecule has 0 aliphatic heterocycles. The molecular formula is C15H18F3N3O2S. The first kappa shape index (κ1) is 18.3. The number of fused-ring (bicyclic) bond motifs is 1. The van der Waals surface area contributed by atoms with Gasteiger partial charge in [0.2, 0.25) is 10.7 Å². The van der Waals surface area contributed by atoms with Crippen molar-refractivity contribution in [2.45, 2.75) is 33.1 Å². The summed E-state index contributed by atoms with van der Waals surface area (Å²) in [5.74, 6) is -0.0603. The second kappa shape index (κ2) is 7.25. The van der Waals surface area contributed by atoms with Crippen LogP contribution in [0.2, 0.25) is 0 Å². The Balaban J connectivity index is 2.21. The van der Waals surface area contributed by atoms with Crippen LogP contribution in [0.5, 0.6) is 5.75 Å². The fourth-order valence-electron chi connectivity index (χ4n) is 2.00. The van der Waals surface area contributed by atoms with Crippen LogP contribution < -0.4 is 15.0 Å². The average molecular weight is 361 g/mol. The number of rotatable bonds is 5. The number of ether oxygens (including phenoxy) is 1. The number of thiazole rings is 1. The summed E-state index contributed by atoms with van der Waals surface area (Å²) >= 11 is 1.16. The van der Waals surface area contributed by atoms with Crippen molar-refractivity contribution in [3.63, 3.8) is 0 Å². The molecule has 2 rings (SSSR count). The zero-order valence-electron chi connectivity index (χ0n) is 13.5. The molecule has 1 N–H and O–H groups in total. The molecule has 132 valence electrons. The third kappa shape index (κ3) is 4.98. The van der Waals surface area contributed by atoms with E-state index in [-0.39, 0.29) is 11.7 Å². The lowest BCUT2D eigenvalue weighted by atomic mass is 10.1. The van der Waals surface area contributed by atoms with Crippen LogP contribution in [0.15, 0.2) is 23.3 Å². The number of aryl methyl sites for hydroxylation is 1. The van der Waals surface area contributed by atoms with Crippen LogP contribution in [0.25, 0.3) is 10.2 Å². The third-order valence-corrected chi connectivity index (χ3v) is 4.33. The van der Waals surface area contributed by atoms with Crippen molar-refractivity contribution in [3.05, 3.63) is 23.0 Å². The highest BCUT2D eigenvalue weighted by Gasteiger charge is 2.31. The van der Waals surface area contributed by atoms with E-state index in [4.69, 9.17) is 0 Å². The smallest absolute Gasteiger partial charge is 0.406 e. The largest absolute Gasteiger partial charge is 0.573 e. The molecule has 24 heavy (non-hydrogen) atoms. The molecule has 0 unspecified atom stereocenters. The Morgan fingerprint density at radius 2 is 2.12 bits per heavy atom. The van der Waals surface area contributed by atoms with E-state index in [9.17, 15) is 18.0 Å². The van der Waals surface area contributed by atoms with E-state index in [1.807, 2.05) is 13.8 Å². The van der Waals surface area contributed by atoms with E-state index in [0.29, 0.717) is 27.4 Å². The van der Waals surface area contributed by atoms with Gasteiger partial charge in [0.05, 0.1) is 10.2 Å². The molecule has 0 saturated heterocycles. The van der Waals surface area contributed by atoms with Gasteiger partial charge in [-0.3, -0.25) is 4.79 Å². The first-order chi connectivity index (χ1) is 11.2. The quantitative estimate of drug-likeness (QED) is 0.829. The lowest BCUT2D eigenvalue weighted by molar-refractivity contribution is -0.274. The molecule has 0 aliphatic rings. The van der Waals surface area contributed by atoms with Crippen molar-refractivity contribution in [2.75, 3.05) is 0 Å². The summed E-state index contributed by atoms with van der Waals surface area (Å²) in [7, 11) is 1.72. The summed E-state index contributed by atoms with van der Waals surface area (Å²) in [4.78, 5) is 12.2. The zero-order chi connectivity index (χ0) is 17.9. The number of amides is 1. The Bertz CT molecular complexity index is 793. The number of hydrogen-bond acceptors (Lipinski definition) is 4. The molecule has 2 aromatic rings. The monoisotopic (exact) mass is 361 g/mol. The molecule has 0 radical (unpaired) electrons. The van der Waals surface area contributed by atoms with E-state index in [1.54, 1.807) is 11.6 Å². The number of aromatic nitrogens is 1. The molecule has 0 aliphatic carbocycles. The topological polar surface area (TPSA) is 55.6 Å². The number of carbonyl (C=O) groups is 1. The van der Waals surface area contributed by atoms with Crippen LogP contribution in [0.4, 0.5) is 13.2 Å². The number of hydrogen-bond donors (Lipinski definition) is 1. The van der Waals surface area contributed by atoms with Gasteiger partial charge in [0.15, 0.2) is 0 Å². The molecule has 0 atom stereocenters. The standard InChI is InChI=1S/C15H18F3N3O2S/c1-9(2)4-7-13(22)19-20-14-21(3)11-6-5-10(8-12(11)24-14)23-15(16,17)18/h5-6,8-9H,4,7H2,1-3H3,(H,19,22)/b20-14-. The summed E-state index contributed by atoms with van der Waals surface area (Å²) in [6.45, 7) is 4.05. The lowest BCUT2D eigenvalue weighted by Gasteiger charge is -2.08. The van der Waals surface area contributed by atoms with Crippen LogP contribution in [0.1, 0.15) is 26.7 Å². The van der Waals surface area contributed by atoms with Gasteiger partial charge in [-0.2, -0.15) is 0 Å². The Morgan fingerprint density at radius 1 is 1.42 bits per heavy atom. The normalized spacial score (nSPS) is 12.9. The molecule has 1 amide bonds. The number of alkyl halides is 3.